The molecule has 0 aliphatic carbocycles. The van der Waals surface area contributed by atoms with Gasteiger partial charge in [0.05, 0.1) is 16.7 Å². The molecule has 0 fully saturated rings. The van der Waals surface area contributed by atoms with Crippen LogP contribution >= 0.6 is 0 Å². The molecular formula is C24H20O15. The topological polar surface area (TPSA) is 261 Å². The van der Waals surface area contributed by atoms with Crippen molar-refractivity contribution in [3.63, 3.8) is 0 Å². The quantitative estimate of drug-likeness (QED) is 0.109. The van der Waals surface area contributed by atoms with Gasteiger partial charge in [-0.3, -0.25) is 0 Å². The van der Waals surface area contributed by atoms with Crippen LogP contribution in [0.25, 0.3) is 0 Å². The Labute approximate surface area is 217 Å². The number of carbonyl (C=O) groups excluding carboxylic acids is 3. The summed E-state index contributed by atoms with van der Waals surface area (Å²) < 4.78 is 15.1. The average molecular weight is 548 g/mol. The fourth-order valence-electron chi connectivity index (χ4n) is 3.01. The van der Waals surface area contributed by atoms with Crippen LogP contribution in [0.5, 0.6) is 51.7 Å². The molecule has 0 atom stereocenters. The van der Waals surface area contributed by atoms with E-state index in [-0.39, 0.29) is 0 Å². The van der Waals surface area contributed by atoms with Gasteiger partial charge < -0.3 is 60.2 Å². The number of ether oxygens (including phenoxy) is 3. The largest absolute Gasteiger partial charge is 0.504 e. The molecule has 0 unspecified atom stereocenters. The van der Waals surface area contributed by atoms with Crippen molar-refractivity contribution in [3.05, 3.63) is 53.1 Å². The second-order valence-electron chi connectivity index (χ2n) is 7.81. The molecular weight excluding hydrogens is 528 g/mol. The first-order chi connectivity index (χ1) is 18.3. The third-order valence-electron chi connectivity index (χ3n) is 4.99. The molecule has 0 bridgehead atoms. The van der Waals surface area contributed by atoms with Gasteiger partial charge in [-0.15, -0.1) is 0 Å². The van der Waals surface area contributed by atoms with E-state index in [1.54, 1.807) is 0 Å². The minimum absolute atomic E-state index is 0.423. The molecule has 3 aromatic carbocycles. The number of aromatic hydroxyl groups is 9. The third kappa shape index (κ3) is 6.34. The van der Waals surface area contributed by atoms with E-state index >= 15 is 0 Å². The highest BCUT2D eigenvalue weighted by Gasteiger charge is 2.24. The molecule has 3 aromatic rings. The Morgan fingerprint density at radius 1 is 0.487 bits per heavy atom. The lowest BCUT2D eigenvalue weighted by Gasteiger charge is -2.19. The molecule has 0 heterocycles. The molecule has 9 N–H and O–H groups in total. The maximum absolute atomic E-state index is 12.6. The molecule has 0 radical (unpaired) electrons. The van der Waals surface area contributed by atoms with E-state index in [0.717, 1.165) is 36.4 Å². The van der Waals surface area contributed by atoms with E-state index in [2.05, 4.69) is 0 Å². The van der Waals surface area contributed by atoms with Gasteiger partial charge in [0, 0.05) is 0 Å². The molecule has 0 spiro atoms. The van der Waals surface area contributed by atoms with Gasteiger partial charge in [0.1, 0.15) is 13.2 Å². The van der Waals surface area contributed by atoms with E-state index in [4.69, 9.17) is 14.2 Å². The smallest absolute Gasteiger partial charge is 0.338 e. The Morgan fingerprint density at radius 3 is 1.03 bits per heavy atom. The first-order valence-electron chi connectivity index (χ1n) is 10.6. The fraction of sp³-hybridized carbons (Fsp3) is 0.125. The number of carbonyl (C=O) groups is 3. The highest BCUT2D eigenvalue weighted by Crippen LogP contribution is 2.37. The van der Waals surface area contributed by atoms with E-state index in [0.29, 0.717) is 0 Å². The number of hydrogen-bond donors (Lipinski definition) is 9. The van der Waals surface area contributed by atoms with Gasteiger partial charge in [-0.1, -0.05) is 0 Å². The molecule has 0 aliphatic heterocycles. The lowest BCUT2D eigenvalue weighted by molar-refractivity contribution is -0.0254. The maximum Gasteiger partial charge on any atom is 0.338 e. The molecule has 3 rings (SSSR count). The van der Waals surface area contributed by atoms with Gasteiger partial charge in [0.15, 0.2) is 57.8 Å². The molecule has 206 valence electrons. The van der Waals surface area contributed by atoms with Crippen LogP contribution < -0.4 is 0 Å². The Hall–Kier alpha value is -5.73. The van der Waals surface area contributed by atoms with Crippen LogP contribution in [0.1, 0.15) is 31.1 Å². The van der Waals surface area contributed by atoms with E-state index in [1.807, 2.05) is 0 Å². The van der Waals surface area contributed by atoms with Gasteiger partial charge in [-0.25, -0.2) is 14.4 Å². The summed E-state index contributed by atoms with van der Waals surface area (Å²) in [6.45, 7) is -1.61. The second kappa shape index (κ2) is 11.1. The van der Waals surface area contributed by atoms with Gasteiger partial charge in [0.2, 0.25) is 0 Å². The molecule has 0 amide bonds. The number of hydrogen-bond acceptors (Lipinski definition) is 15. The Morgan fingerprint density at radius 2 is 0.744 bits per heavy atom. The van der Waals surface area contributed by atoms with Gasteiger partial charge >= 0.3 is 17.9 Å². The normalized spacial score (nSPS) is 10.7. The van der Waals surface area contributed by atoms with Crippen molar-refractivity contribution < 1.29 is 74.6 Å². The second-order valence-corrected chi connectivity index (χ2v) is 7.81. The Kier molecular flexibility index (Phi) is 7.94. The van der Waals surface area contributed by atoms with Crippen LogP contribution in [0.2, 0.25) is 0 Å². The van der Waals surface area contributed by atoms with Crippen LogP contribution in [-0.2, 0) is 14.2 Å². The van der Waals surface area contributed by atoms with Crippen LogP contribution in [-0.4, -0.2) is 83.2 Å². The number of phenolic OH excluding ortho intramolecular Hbond substituents is 9. The van der Waals surface area contributed by atoms with E-state index < -0.39 is 106 Å². The fourth-order valence-corrected chi connectivity index (χ4v) is 3.01. The third-order valence-corrected chi connectivity index (χ3v) is 4.99. The highest BCUT2D eigenvalue weighted by molar-refractivity contribution is 5.93. The molecule has 0 aromatic heterocycles. The predicted molar refractivity (Wildman–Crippen MR) is 124 cm³/mol. The standard InChI is InChI=1S/C24H20O15/c25-13-1-9(2-14(26)19(13)31)22(34)37-7-12(39-24(36)11-5-17(29)21(33)18(30)6-11)8-38-23(35)10-3-15(27)20(32)16(28)4-10/h1-6,12,25-33H,7-8H2. The van der Waals surface area contributed by atoms with Crippen molar-refractivity contribution in [3.8, 4) is 51.7 Å². The van der Waals surface area contributed by atoms with Gasteiger partial charge in [-0.05, 0) is 36.4 Å². The minimum Gasteiger partial charge on any atom is -0.504 e. The molecule has 0 aliphatic rings. The summed E-state index contributed by atoms with van der Waals surface area (Å²) in [6, 6.07) is 4.57. The van der Waals surface area contributed by atoms with E-state index in [9.17, 15) is 60.3 Å². The molecule has 15 nitrogen and oxygen atoms in total. The zero-order valence-corrected chi connectivity index (χ0v) is 19.4. The summed E-state index contributed by atoms with van der Waals surface area (Å²) in [4.78, 5) is 37.3. The van der Waals surface area contributed by atoms with Crippen LogP contribution in [0, 0.1) is 0 Å². The summed E-state index contributed by atoms with van der Waals surface area (Å²) in [6.07, 6.45) is -1.57. The summed E-state index contributed by atoms with van der Waals surface area (Å²) in [7, 11) is 0. The zero-order valence-electron chi connectivity index (χ0n) is 19.4. The van der Waals surface area contributed by atoms with Crippen molar-refractivity contribution in [2.24, 2.45) is 0 Å². The van der Waals surface area contributed by atoms with E-state index in [1.165, 1.54) is 0 Å². The van der Waals surface area contributed by atoms with Crippen molar-refractivity contribution in [1.29, 1.82) is 0 Å². The minimum atomic E-state index is -1.57. The van der Waals surface area contributed by atoms with Crippen LogP contribution in [0.3, 0.4) is 0 Å². The number of benzene rings is 3. The number of rotatable bonds is 8. The number of esters is 3. The number of phenols is 9. The van der Waals surface area contributed by atoms with Crippen molar-refractivity contribution in [2.45, 2.75) is 6.10 Å². The first-order valence-corrected chi connectivity index (χ1v) is 10.6. The SMILES string of the molecule is O=C(OCC(COC(=O)c1cc(O)c(O)c(O)c1)OC(=O)c1cc(O)c(O)c(O)c1)c1cc(O)c(O)c(O)c1. The molecule has 0 saturated heterocycles. The molecule has 0 saturated carbocycles. The van der Waals surface area contributed by atoms with Gasteiger partial charge in [-0.2, -0.15) is 0 Å². The summed E-state index contributed by atoms with van der Waals surface area (Å²) in [5.41, 5.74) is -1.31. The lowest BCUT2D eigenvalue weighted by Crippen LogP contribution is -2.31. The van der Waals surface area contributed by atoms with Crippen LogP contribution in [0.4, 0.5) is 0 Å². The van der Waals surface area contributed by atoms with Gasteiger partial charge in [0.25, 0.3) is 0 Å². The Balaban J connectivity index is 1.78. The highest BCUT2D eigenvalue weighted by atomic mass is 16.6. The molecule has 39 heavy (non-hydrogen) atoms. The lowest BCUT2D eigenvalue weighted by atomic mass is 10.2. The van der Waals surface area contributed by atoms with Crippen LogP contribution in [0.15, 0.2) is 36.4 Å². The zero-order chi connectivity index (χ0) is 29.0. The monoisotopic (exact) mass is 548 g/mol. The summed E-state index contributed by atoms with van der Waals surface area (Å²) in [5, 5.41) is 85.8. The summed E-state index contributed by atoms with van der Waals surface area (Å²) >= 11 is 0. The van der Waals surface area contributed by atoms with Crippen molar-refractivity contribution in [2.75, 3.05) is 13.2 Å². The summed E-state index contributed by atoms with van der Waals surface area (Å²) in [5.74, 6) is -11.4. The predicted octanol–water partition coefficient (Wildman–Crippen LogP) is 1.28. The Bertz CT molecular complexity index is 1300. The van der Waals surface area contributed by atoms with Crippen molar-refractivity contribution in [1.82, 2.24) is 0 Å². The van der Waals surface area contributed by atoms with Crippen molar-refractivity contribution >= 4 is 17.9 Å². The average Bonchev–Trinajstić information content (AvgIpc) is 2.88. The maximum atomic E-state index is 12.6. The first kappa shape index (κ1) is 27.9. The molecule has 15 heteroatoms.